The predicted octanol–water partition coefficient (Wildman–Crippen LogP) is 4.34. The molecule has 0 spiro atoms. The highest BCUT2D eigenvalue weighted by molar-refractivity contribution is 5.68. The van der Waals surface area contributed by atoms with E-state index >= 15 is 0 Å². The van der Waals surface area contributed by atoms with Crippen molar-refractivity contribution in [3.05, 3.63) is 29.8 Å². The van der Waals surface area contributed by atoms with Crippen molar-refractivity contribution in [1.82, 2.24) is 4.90 Å². The standard InChI is InChI=1S/C19H27NO3/c1-19(2,3)23-18(21)20-12-10-14(11-13-20)16-6-4-5-7-17(16)22-15-8-9-15/h4-7,14-15H,8-13H2,1-3H3. The van der Waals surface area contributed by atoms with Crippen LogP contribution in [0.15, 0.2) is 24.3 Å². The molecule has 1 aliphatic carbocycles. The van der Waals surface area contributed by atoms with Crippen LogP contribution in [-0.4, -0.2) is 35.8 Å². The van der Waals surface area contributed by atoms with Crippen LogP contribution >= 0.6 is 0 Å². The first-order chi connectivity index (χ1) is 10.9. The highest BCUT2D eigenvalue weighted by Gasteiger charge is 2.30. The van der Waals surface area contributed by atoms with E-state index in [1.807, 2.05) is 31.7 Å². The molecule has 0 unspecified atom stereocenters. The molecule has 1 aromatic carbocycles. The molecular formula is C19H27NO3. The van der Waals surface area contributed by atoms with Gasteiger partial charge in [0.25, 0.3) is 0 Å². The number of amides is 1. The molecule has 0 N–H and O–H groups in total. The molecule has 2 fully saturated rings. The summed E-state index contributed by atoms with van der Waals surface area (Å²) >= 11 is 0. The summed E-state index contributed by atoms with van der Waals surface area (Å²) in [6, 6.07) is 8.37. The zero-order valence-corrected chi connectivity index (χ0v) is 14.4. The van der Waals surface area contributed by atoms with Crippen molar-refractivity contribution < 1.29 is 14.3 Å². The minimum atomic E-state index is -0.432. The third-order valence-electron chi connectivity index (χ3n) is 4.32. The molecule has 1 aromatic rings. The molecule has 2 aliphatic rings. The van der Waals surface area contributed by atoms with E-state index < -0.39 is 5.60 Å². The van der Waals surface area contributed by atoms with Gasteiger partial charge in [-0.1, -0.05) is 18.2 Å². The zero-order valence-electron chi connectivity index (χ0n) is 14.4. The summed E-state index contributed by atoms with van der Waals surface area (Å²) in [6.07, 6.45) is 4.49. The Balaban J connectivity index is 1.59. The van der Waals surface area contributed by atoms with Gasteiger partial charge < -0.3 is 14.4 Å². The van der Waals surface area contributed by atoms with Crippen molar-refractivity contribution in [2.45, 2.75) is 64.1 Å². The first-order valence-electron chi connectivity index (χ1n) is 8.66. The lowest BCUT2D eigenvalue weighted by Crippen LogP contribution is -2.41. The lowest BCUT2D eigenvalue weighted by molar-refractivity contribution is 0.0204. The quantitative estimate of drug-likeness (QED) is 0.832. The summed E-state index contributed by atoms with van der Waals surface area (Å²) in [5.74, 6) is 1.49. The molecule has 0 bridgehead atoms. The Hall–Kier alpha value is -1.71. The van der Waals surface area contributed by atoms with Gasteiger partial charge in [-0.05, 0) is 64.0 Å². The van der Waals surface area contributed by atoms with Crippen LogP contribution in [0.25, 0.3) is 0 Å². The average molecular weight is 317 g/mol. The third kappa shape index (κ3) is 4.40. The molecule has 1 heterocycles. The van der Waals surface area contributed by atoms with Crippen molar-refractivity contribution >= 4 is 6.09 Å². The topological polar surface area (TPSA) is 38.8 Å². The highest BCUT2D eigenvalue weighted by Crippen LogP contribution is 2.37. The Morgan fingerprint density at radius 1 is 1.09 bits per heavy atom. The molecule has 3 rings (SSSR count). The van der Waals surface area contributed by atoms with Gasteiger partial charge in [0.2, 0.25) is 0 Å². The summed E-state index contributed by atoms with van der Waals surface area (Å²) in [5, 5.41) is 0. The van der Waals surface area contributed by atoms with Gasteiger partial charge in [-0.25, -0.2) is 4.79 Å². The van der Waals surface area contributed by atoms with Gasteiger partial charge in [0.1, 0.15) is 11.4 Å². The Morgan fingerprint density at radius 2 is 1.74 bits per heavy atom. The average Bonchev–Trinajstić information content (AvgIpc) is 3.30. The Morgan fingerprint density at radius 3 is 2.35 bits per heavy atom. The van der Waals surface area contributed by atoms with Crippen LogP contribution in [-0.2, 0) is 4.74 Å². The van der Waals surface area contributed by atoms with Gasteiger partial charge >= 0.3 is 6.09 Å². The van der Waals surface area contributed by atoms with E-state index in [4.69, 9.17) is 9.47 Å². The van der Waals surface area contributed by atoms with E-state index in [2.05, 4.69) is 18.2 Å². The fourth-order valence-corrected chi connectivity index (χ4v) is 2.99. The molecular weight excluding hydrogens is 290 g/mol. The minimum Gasteiger partial charge on any atom is -0.490 e. The molecule has 1 saturated carbocycles. The number of likely N-dealkylation sites (tertiary alicyclic amines) is 1. The number of benzene rings is 1. The van der Waals surface area contributed by atoms with Crippen molar-refractivity contribution in [1.29, 1.82) is 0 Å². The summed E-state index contributed by atoms with van der Waals surface area (Å²) in [4.78, 5) is 14.0. The number of piperidine rings is 1. The van der Waals surface area contributed by atoms with Gasteiger partial charge in [-0.3, -0.25) is 0 Å². The van der Waals surface area contributed by atoms with Crippen LogP contribution in [0, 0.1) is 0 Å². The Bertz CT molecular complexity index is 552. The lowest BCUT2D eigenvalue weighted by Gasteiger charge is -2.34. The van der Waals surface area contributed by atoms with Gasteiger partial charge in [0.05, 0.1) is 6.10 Å². The van der Waals surface area contributed by atoms with E-state index in [1.165, 1.54) is 18.4 Å². The monoisotopic (exact) mass is 317 g/mol. The predicted molar refractivity (Wildman–Crippen MR) is 89.9 cm³/mol. The first-order valence-corrected chi connectivity index (χ1v) is 8.66. The largest absolute Gasteiger partial charge is 0.490 e. The van der Waals surface area contributed by atoms with Crippen LogP contribution < -0.4 is 4.74 Å². The molecule has 126 valence electrons. The minimum absolute atomic E-state index is 0.196. The van der Waals surface area contributed by atoms with Gasteiger partial charge in [0.15, 0.2) is 0 Å². The third-order valence-corrected chi connectivity index (χ3v) is 4.32. The SMILES string of the molecule is CC(C)(C)OC(=O)N1CCC(c2ccccc2OC2CC2)CC1. The normalized spacial score (nSPS) is 19.5. The van der Waals surface area contributed by atoms with Crippen molar-refractivity contribution in [3.63, 3.8) is 0 Å². The lowest BCUT2D eigenvalue weighted by atomic mass is 9.89. The molecule has 0 radical (unpaired) electrons. The summed E-state index contributed by atoms with van der Waals surface area (Å²) < 4.78 is 11.5. The van der Waals surface area contributed by atoms with E-state index in [1.54, 1.807) is 0 Å². The summed E-state index contributed by atoms with van der Waals surface area (Å²) in [7, 11) is 0. The molecule has 4 nitrogen and oxygen atoms in total. The number of ether oxygens (including phenoxy) is 2. The second-order valence-electron chi connectivity index (χ2n) is 7.60. The molecule has 1 aliphatic heterocycles. The fourth-order valence-electron chi connectivity index (χ4n) is 2.99. The molecule has 1 saturated heterocycles. The maximum absolute atomic E-state index is 12.2. The van der Waals surface area contributed by atoms with E-state index in [9.17, 15) is 4.79 Å². The van der Waals surface area contributed by atoms with Crippen LogP contribution in [0.3, 0.4) is 0 Å². The smallest absolute Gasteiger partial charge is 0.410 e. The van der Waals surface area contributed by atoms with Gasteiger partial charge in [-0.2, -0.15) is 0 Å². The van der Waals surface area contributed by atoms with Crippen LogP contribution in [0.4, 0.5) is 4.79 Å². The van der Waals surface area contributed by atoms with E-state index in [0.29, 0.717) is 12.0 Å². The van der Waals surface area contributed by atoms with Crippen molar-refractivity contribution in [2.75, 3.05) is 13.1 Å². The van der Waals surface area contributed by atoms with Crippen LogP contribution in [0.2, 0.25) is 0 Å². The molecule has 23 heavy (non-hydrogen) atoms. The first kappa shape index (κ1) is 16.2. The maximum Gasteiger partial charge on any atom is 0.410 e. The van der Waals surface area contributed by atoms with E-state index in [0.717, 1.165) is 31.7 Å². The molecule has 0 atom stereocenters. The number of para-hydroxylation sites is 1. The van der Waals surface area contributed by atoms with Crippen LogP contribution in [0.5, 0.6) is 5.75 Å². The molecule has 1 amide bonds. The molecule has 0 aromatic heterocycles. The Labute approximate surface area is 138 Å². The zero-order chi connectivity index (χ0) is 16.4. The number of carbonyl (C=O) groups excluding carboxylic acids is 1. The highest BCUT2D eigenvalue weighted by atomic mass is 16.6. The number of nitrogens with zero attached hydrogens (tertiary/aromatic N) is 1. The fraction of sp³-hybridized carbons (Fsp3) is 0.632. The van der Waals surface area contributed by atoms with Crippen LogP contribution in [0.1, 0.15) is 57.9 Å². The maximum atomic E-state index is 12.2. The number of hydrogen-bond donors (Lipinski definition) is 0. The summed E-state index contributed by atoms with van der Waals surface area (Å²) in [6.45, 7) is 7.21. The van der Waals surface area contributed by atoms with E-state index in [-0.39, 0.29) is 6.09 Å². The number of carbonyl (C=O) groups is 1. The second-order valence-corrected chi connectivity index (χ2v) is 7.60. The summed E-state index contributed by atoms with van der Waals surface area (Å²) in [5.41, 5.74) is 0.863. The number of hydrogen-bond acceptors (Lipinski definition) is 3. The second kappa shape index (κ2) is 6.42. The van der Waals surface area contributed by atoms with Crippen molar-refractivity contribution in [3.8, 4) is 5.75 Å². The Kier molecular flexibility index (Phi) is 4.51. The van der Waals surface area contributed by atoms with Gasteiger partial charge in [-0.15, -0.1) is 0 Å². The van der Waals surface area contributed by atoms with Gasteiger partial charge in [0, 0.05) is 13.1 Å². The number of rotatable bonds is 3. The molecule has 4 heteroatoms. The van der Waals surface area contributed by atoms with Crippen molar-refractivity contribution in [2.24, 2.45) is 0 Å².